The van der Waals surface area contributed by atoms with E-state index in [0.717, 1.165) is 36.4 Å². The molecule has 1 fully saturated rings. The monoisotopic (exact) mass is 385 g/mol. The first kappa shape index (κ1) is 18.3. The molecule has 1 aromatic carbocycles. The maximum atomic E-state index is 13.4. The second kappa shape index (κ2) is 7.18. The van der Waals surface area contributed by atoms with E-state index in [1.165, 1.54) is 6.07 Å². The summed E-state index contributed by atoms with van der Waals surface area (Å²) in [6.07, 6.45) is 1.66. The van der Waals surface area contributed by atoms with Crippen molar-refractivity contribution in [1.29, 1.82) is 0 Å². The Morgan fingerprint density at radius 2 is 2.00 bits per heavy atom. The lowest BCUT2D eigenvalue weighted by atomic mass is 10.0. The Balaban J connectivity index is 1.50. The van der Waals surface area contributed by atoms with Crippen molar-refractivity contribution in [3.05, 3.63) is 59.0 Å². The van der Waals surface area contributed by atoms with Gasteiger partial charge in [0.25, 0.3) is 5.91 Å². The van der Waals surface area contributed by atoms with Gasteiger partial charge in [0, 0.05) is 48.3 Å². The van der Waals surface area contributed by atoms with Crippen LogP contribution in [-0.4, -0.2) is 44.5 Å². The van der Waals surface area contributed by atoms with Crippen LogP contribution in [-0.2, 0) is 0 Å². The lowest BCUT2D eigenvalue weighted by molar-refractivity contribution is 0.0708. The molecule has 0 radical (unpaired) electrons. The zero-order valence-electron chi connectivity index (χ0n) is 15.7. The largest absolute Gasteiger partial charge is 0.380 e. The molecule has 0 spiro atoms. The second-order valence-corrected chi connectivity index (χ2v) is 7.20. The van der Waals surface area contributed by atoms with E-state index in [4.69, 9.17) is 0 Å². The number of likely N-dealkylation sites (tertiary alicyclic amines) is 1. The fourth-order valence-corrected chi connectivity index (χ4v) is 3.65. The summed E-state index contributed by atoms with van der Waals surface area (Å²) in [5, 5.41) is 7.60. The Kier molecular flexibility index (Phi) is 4.70. The lowest BCUT2D eigenvalue weighted by Gasteiger charge is -2.33. The van der Waals surface area contributed by atoms with Crippen molar-refractivity contribution in [3.8, 4) is 0 Å². The molecule has 3 aromatic rings. The normalized spacial score (nSPS) is 17.1. The number of rotatable bonds is 3. The number of amides is 1. The average molecular weight is 385 g/mol. The number of carbonyl (C=O) groups is 1. The molecule has 4 rings (SSSR count). The fraction of sp³-hybridized carbons (Fsp3) is 0.350. The first-order valence-electron chi connectivity index (χ1n) is 9.25. The summed E-state index contributed by atoms with van der Waals surface area (Å²) in [4.78, 5) is 19.1. The van der Waals surface area contributed by atoms with Crippen LogP contribution in [0.1, 0.15) is 34.7 Å². The number of anilines is 1. The Morgan fingerprint density at radius 3 is 2.79 bits per heavy atom. The van der Waals surface area contributed by atoms with E-state index in [9.17, 15) is 13.6 Å². The molecule has 1 amide bonds. The third kappa shape index (κ3) is 3.54. The van der Waals surface area contributed by atoms with Gasteiger partial charge in [-0.25, -0.2) is 18.3 Å². The lowest BCUT2D eigenvalue weighted by Crippen LogP contribution is -2.45. The van der Waals surface area contributed by atoms with E-state index in [0.29, 0.717) is 30.1 Å². The molecule has 0 unspecified atom stereocenters. The second-order valence-electron chi connectivity index (χ2n) is 7.20. The Morgan fingerprint density at radius 1 is 1.18 bits per heavy atom. The standard InChI is InChI=1S/C20H21F2N5O/c1-12-8-13(2)27-19(23-12)10-18(25-27)20(28)26-7-3-4-15(11-26)24-14-5-6-16(21)17(22)9-14/h5-6,8-10,15,24H,3-4,7,11H2,1-2H3/t15-/m0/s1. The van der Waals surface area contributed by atoms with Crippen LogP contribution in [0, 0.1) is 25.5 Å². The Labute approximate surface area is 161 Å². The van der Waals surface area contributed by atoms with Crippen LogP contribution < -0.4 is 5.32 Å². The van der Waals surface area contributed by atoms with Crippen LogP contribution in [0.5, 0.6) is 0 Å². The minimum Gasteiger partial charge on any atom is -0.380 e. The third-order valence-electron chi connectivity index (χ3n) is 4.95. The predicted molar refractivity (Wildman–Crippen MR) is 101 cm³/mol. The maximum absolute atomic E-state index is 13.4. The third-order valence-corrected chi connectivity index (χ3v) is 4.95. The number of nitrogens with zero attached hydrogens (tertiary/aromatic N) is 4. The topological polar surface area (TPSA) is 62.5 Å². The number of halogens is 2. The highest BCUT2D eigenvalue weighted by atomic mass is 19.2. The van der Waals surface area contributed by atoms with Gasteiger partial charge in [0.05, 0.1) is 0 Å². The number of nitrogens with one attached hydrogen (secondary N) is 1. The molecule has 3 heterocycles. The minimum atomic E-state index is -0.892. The van der Waals surface area contributed by atoms with E-state index < -0.39 is 11.6 Å². The van der Waals surface area contributed by atoms with Gasteiger partial charge < -0.3 is 10.2 Å². The summed E-state index contributed by atoms with van der Waals surface area (Å²) in [5.41, 5.74) is 3.29. The van der Waals surface area contributed by atoms with E-state index >= 15 is 0 Å². The Bertz CT molecular complexity index is 1050. The molecule has 1 N–H and O–H groups in total. The molecular weight excluding hydrogens is 364 g/mol. The molecule has 0 saturated carbocycles. The van der Waals surface area contributed by atoms with Crippen LogP contribution in [0.15, 0.2) is 30.3 Å². The van der Waals surface area contributed by atoms with Gasteiger partial charge in [-0.15, -0.1) is 0 Å². The van der Waals surface area contributed by atoms with Crippen molar-refractivity contribution in [2.45, 2.75) is 32.7 Å². The van der Waals surface area contributed by atoms with E-state index in [1.54, 1.807) is 15.5 Å². The van der Waals surface area contributed by atoms with Gasteiger partial charge in [0.1, 0.15) is 0 Å². The van der Waals surface area contributed by atoms with Gasteiger partial charge in [-0.2, -0.15) is 5.10 Å². The van der Waals surface area contributed by atoms with Gasteiger partial charge in [0.15, 0.2) is 23.0 Å². The van der Waals surface area contributed by atoms with Gasteiger partial charge in [-0.1, -0.05) is 0 Å². The van der Waals surface area contributed by atoms with Crippen molar-refractivity contribution < 1.29 is 13.6 Å². The van der Waals surface area contributed by atoms with Gasteiger partial charge in [-0.3, -0.25) is 4.79 Å². The quantitative estimate of drug-likeness (QED) is 0.751. The molecule has 6 nitrogen and oxygen atoms in total. The van der Waals surface area contributed by atoms with Gasteiger partial charge in [0.2, 0.25) is 0 Å². The van der Waals surface area contributed by atoms with Gasteiger partial charge in [-0.05, 0) is 44.9 Å². The summed E-state index contributed by atoms with van der Waals surface area (Å²) < 4.78 is 28.2. The highest BCUT2D eigenvalue weighted by molar-refractivity contribution is 5.93. The van der Waals surface area contributed by atoms with E-state index in [2.05, 4.69) is 15.4 Å². The highest BCUT2D eigenvalue weighted by Crippen LogP contribution is 2.20. The van der Waals surface area contributed by atoms with Crippen LogP contribution >= 0.6 is 0 Å². The number of aryl methyl sites for hydroxylation is 2. The summed E-state index contributed by atoms with van der Waals surface area (Å²) in [6, 6.07) is 7.30. The zero-order chi connectivity index (χ0) is 19.8. The summed E-state index contributed by atoms with van der Waals surface area (Å²) >= 11 is 0. The van der Waals surface area contributed by atoms with Crippen LogP contribution in [0.25, 0.3) is 5.65 Å². The number of hydrogen-bond donors (Lipinski definition) is 1. The summed E-state index contributed by atoms with van der Waals surface area (Å²) in [7, 11) is 0. The van der Waals surface area contributed by atoms with Gasteiger partial charge >= 0.3 is 0 Å². The molecule has 146 valence electrons. The summed E-state index contributed by atoms with van der Waals surface area (Å²) in [5.74, 6) is -1.92. The van der Waals surface area contributed by atoms with E-state index in [-0.39, 0.29) is 11.9 Å². The van der Waals surface area contributed by atoms with Crippen molar-refractivity contribution >= 4 is 17.2 Å². The molecule has 0 bridgehead atoms. The SMILES string of the molecule is Cc1cc(C)n2nc(C(=O)N3CCC[C@H](Nc4ccc(F)c(F)c4)C3)cc2n1. The highest BCUT2D eigenvalue weighted by Gasteiger charge is 2.26. The van der Waals surface area contributed by atoms with Crippen LogP contribution in [0.2, 0.25) is 0 Å². The molecule has 1 atom stereocenters. The predicted octanol–water partition coefficient (Wildman–Crippen LogP) is 3.34. The molecule has 0 aliphatic carbocycles. The number of hydrogen-bond acceptors (Lipinski definition) is 4. The Hall–Kier alpha value is -3.03. The minimum absolute atomic E-state index is 0.0401. The zero-order valence-corrected chi connectivity index (χ0v) is 15.7. The van der Waals surface area contributed by atoms with Crippen molar-refractivity contribution in [2.24, 2.45) is 0 Å². The number of fused-ring (bicyclic) bond motifs is 1. The molecule has 1 aliphatic rings. The van der Waals surface area contributed by atoms with Crippen molar-refractivity contribution in [3.63, 3.8) is 0 Å². The van der Waals surface area contributed by atoms with Crippen LogP contribution in [0.3, 0.4) is 0 Å². The number of aromatic nitrogens is 3. The molecule has 2 aromatic heterocycles. The smallest absolute Gasteiger partial charge is 0.274 e. The van der Waals surface area contributed by atoms with Crippen LogP contribution in [0.4, 0.5) is 14.5 Å². The molecular formula is C20H21F2N5O. The molecule has 1 saturated heterocycles. The fourth-order valence-electron chi connectivity index (χ4n) is 3.65. The first-order valence-corrected chi connectivity index (χ1v) is 9.25. The van der Waals surface area contributed by atoms with Crippen molar-refractivity contribution in [1.82, 2.24) is 19.5 Å². The molecule has 28 heavy (non-hydrogen) atoms. The van der Waals surface area contributed by atoms with E-state index in [1.807, 2.05) is 19.9 Å². The summed E-state index contributed by atoms with van der Waals surface area (Å²) in [6.45, 7) is 4.93. The first-order chi connectivity index (χ1) is 13.4. The molecule has 1 aliphatic heterocycles. The maximum Gasteiger partial charge on any atom is 0.274 e. The number of benzene rings is 1. The number of carbonyl (C=O) groups excluding carboxylic acids is 1. The number of piperidine rings is 1. The van der Waals surface area contributed by atoms with Crippen molar-refractivity contribution in [2.75, 3.05) is 18.4 Å². The molecule has 8 heteroatoms. The average Bonchev–Trinajstić information content (AvgIpc) is 3.09.